The van der Waals surface area contributed by atoms with Gasteiger partial charge in [-0.15, -0.1) is 0 Å². The van der Waals surface area contributed by atoms with E-state index in [-0.39, 0.29) is 34.9 Å². The standard InChI is InChI=1S/C29H23N3O3/c1-16-26(29(35)32(30(16)2)17-10-4-3-5-11-17)31-27(33)24-22-18-12-6-7-13-19(18)23(25(24)28(31)34)21-15-9-8-14-20(21)22/h3-15,22-25H,1-2H3/t22?,23?,24-,25+. The molecule has 4 aromatic rings. The number of para-hydroxylation sites is 1. The first kappa shape index (κ1) is 20.2. The van der Waals surface area contributed by atoms with E-state index in [2.05, 4.69) is 24.3 Å². The van der Waals surface area contributed by atoms with Crippen LogP contribution in [0.4, 0.5) is 5.69 Å². The van der Waals surface area contributed by atoms with Gasteiger partial charge < -0.3 is 0 Å². The molecule has 2 bridgehead atoms. The van der Waals surface area contributed by atoms with Gasteiger partial charge in [0.15, 0.2) is 0 Å². The maximum Gasteiger partial charge on any atom is 0.296 e. The van der Waals surface area contributed by atoms with Gasteiger partial charge in [0.2, 0.25) is 11.8 Å². The Morgan fingerprint density at radius 2 is 1.06 bits per heavy atom. The van der Waals surface area contributed by atoms with Crippen LogP contribution in [0.2, 0.25) is 0 Å². The lowest BCUT2D eigenvalue weighted by atomic mass is 9.55. The first-order valence-corrected chi connectivity index (χ1v) is 11.9. The van der Waals surface area contributed by atoms with Crippen molar-refractivity contribution in [3.05, 3.63) is 117 Å². The van der Waals surface area contributed by atoms with Crippen molar-refractivity contribution in [3.63, 3.8) is 0 Å². The Bertz CT molecular complexity index is 1500. The number of aromatic nitrogens is 2. The summed E-state index contributed by atoms with van der Waals surface area (Å²) in [4.78, 5) is 43.0. The second-order valence-electron chi connectivity index (χ2n) is 9.69. The lowest BCUT2D eigenvalue weighted by molar-refractivity contribution is -0.122. The average molecular weight is 462 g/mol. The molecule has 3 aliphatic carbocycles. The quantitative estimate of drug-likeness (QED) is 0.426. The van der Waals surface area contributed by atoms with Crippen LogP contribution in [0.3, 0.4) is 0 Å². The monoisotopic (exact) mass is 461 g/mol. The van der Waals surface area contributed by atoms with Crippen LogP contribution >= 0.6 is 0 Å². The van der Waals surface area contributed by atoms with Crippen LogP contribution in [0, 0.1) is 18.8 Å². The van der Waals surface area contributed by atoms with E-state index in [0.29, 0.717) is 11.4 Å². The van der Waals surface area contributed by atoms with Gasteiger partial charge in [0.25, 0.3) is 5.56 Å². The van der Waals surface area contributed by atoms with Gasteiger partial charge in [-0.1, -0.05) is 66.7 Å². The fourth-order valence-electron chi connectivity index (χ4n) is 6.71. The first-order chi connectivity index (χ1) is 17.0. The summed E-state index contributed by atoms with van der Waals surface area (Å²) in [6.07, 6.45) is 0. The third-order valence-electron chi connectivity index (χ3n) is 8.20. The van der Waals surface area contributed by atoms with Crippen LogP contribution in [0.15, 0.2) is 83.7 Å². The van der Waals surface area contributed by atoms with Gasteiger partial charge in [-0.3, -0.25) is 19.1 Å². The van der Waals surface area contributed by atoms with E-state index in [1.165, 1.54) is 9.58 Å². The highest BCUT2D eigenvalue weighted by molar-refractivity contribution is 6.23. The smallest absolute Gasteiger partial charge is 0.283 e. The largest absolute Gasteiger partial charge is 0.296 e. The highest BCUT2D eigenvalue weighted by Gasteiger charge is 2.62. The van der Waals surface area contributed by atoms with Crippen LogP contribution in [-0.2, 0) is 16.6 Å². The second kappa shape index (κ2) is 6.92. The average Bonchev–Trinajstić information content (AvgIpc) is 3.27. The molecule has 2 amide bonds. The Morgan fingerprint density at radius 3 is 1.51 bits per heavy atom. The van der Waals surface area contributed by atoms with Crippen LogP contribution in [0.1, 0.15) is 39.8 Å². The highest BCUT2D eigenvalue weighted by Crippen LogP contribution is 2.61. The van der Waals surface area contributed by atoms with Crippen molar-refractivity contribution in [3.8, 4) is 5.69 Å². The SMILES string of the molecule is Cc1c(N2C(=O)[C@@H]3C4c5ccccc5C(c5ccccc54)[C@@H]3C2=O)c(=O)n(-c2ccccc2)n1C. The number of anilines is 1. The number of rotatable bonds is 2. The third kappa shape index (κ3) is 2.41. The number of benzene rings is 3. The Hall–Kier alpha value is -4.19. The predicted molar refractivity (Wildman–Crippen MR) is 132 cm³/mol. The van der Waals surface area contributed by atoms with Crippen molar-refractivity contribution in [1.29, 1.82) is 0 Å². The summed E-state index contributed by atoms with van der Waals surface area (Å²) < 4.78 is 3.24. The molecule has 4 aliphatic rings. The fourth-order valence-corrected chi connectivity index (χ4v) is 6.71. The van der Waals surface area contributed by atoms with E-state index in [9.17, 15) is 14.4 Å². The Morgan fingerprint density at radius 1 is 0.629 bits per heavy atom. The molecular weight excluding hydrogens is 438 g/mol. The Labute approximate surface area is 202 Å². The van der Waals surface area contributed by atoms with Crippen LogP contribution < -0.4 is 10.5 Å². The summed E-state index contributed by atoms with van der Waals surface area (Å²) in [6, 6.07) is 25.6. The highest BCUT2D eigenvalue weighted by atomic mass is 16.2. The molecule has 0 saturated carbocycles. The van der Waals surface area contributed by atoms with Crippen LogP contribution in [-0.4, -0.2) is 21.2 Å². The predicted octanol–water partition coefficient (Wildman–Crippen LogP) is 3.88. The molecule has 1 fully saturated rings. The molecule has 6 heteroatoms. The Balaban J connectivity index is 1.43. The summed E-state index contributed by atoms with van der Waals surface area (Å²) in [5.74, 6) is -1.96. The lowest BCUT2D eigenvalue weighted by Crippen LogP contribution is -2.41. The molecule has 2 atom stereocenters. The number of hydrogen-bond donors (Lipinski definition) is 0. The molecule has 1 aromatic heterocycles. The van der Waals surface area contributed by atoms with Gasteiger partial charge in [-0.2, -0.15) is 0 Å². The molecule has 1 aliphatic heterocycles. The van der Waals surface area contributed by atoms with Gasteiger partial charge in [-0.25, -0.2) is 9.58 Å². The zero-order valence-electron chi connectivity index (χ0n) is 19.4. The van der Waals surface area contributed by atoms with Gasteiger partial charge >= 0.3 is 0 Å². The first-order valence-electron chi connectivity index (χ1n) is 11.9. The van der Waals surface area contributed by atoms with Crippen LogP contribution in [0.5, 0.6) is 0 Å². The molecular formula is C29H23N3O3. The van der Waals surface area contributed by atoms with Crippen molar-refractivity contribution >= 4 is 17.5 Å². The molecule has 3 aromatic carbocycles. The van der Waals surface area contributed by atoms with E-state index in [0.717, 1.165) is 22.3 Å². The molecule has 172 valence electrons. The fraction of sp³-hybridized carbons (Fsp3) is 0.207. The van der Waals surface area contributed by atoms with E-state index in [1.54, 1.807) is 18.7 Å². The lowest BCUT2D eigenvalue weighted by Gasteiger charge is -2.45. The molecule has 2 heterocycles. The molecule has 35 heavy (non-hydrogen) atoms. The van der Waals surface area contributed by atoms with Crippen molar-refractivity contribution in [2.75, 3.05) is 4.90 Å². The normalized spacial score (nSPS) is 23.9. The number of amides is 2. The van der Waals surface area contributed by atoms with Gasteiger partial charge in [0, 0.05) is 18.9 Å². The summed E-state index contributed by atoms with van der Waals surface area (Å²) in [5, 5.41) is 0. The minimum Gasteiger partial charge on any atom is -0.283 e. The minimum absolute atomic E-state index is 0.160. The number of carbonyl (C=O) groups excluding carboxylic acids is 2. The van der Waals surface area contributed by atoms with Gasteiger partial charge in [-0.05, 0) is 41.3 Å². The molecule has 6 nitrogen and oxygen atoms in total. The molecule has 8 rings (SSSR count). The molecule has 0 spiro atoms. The zero-order valence-corrected chi connectivity index (χ0v) is 19.4. The maximum absolute atomic E-state index is 14.1. The van der Waals surface area contributed by atoms with Gasteiger partial charge in [0.1, 0.15) is 5.69 Å². The number of hydrogen-bond acceptors (Lipinski definition) is 3. The number of imide groups is 1. The third-order valence-corrected chi connectivity index (χ3v) is 8.20. The molecule has 0 radical (unpaired) electrons. The second-order valence-corrected chi connectivity index (χ2v) is 9.69. The van der Waals surface area contributed by atoms with E-state index < -0.39 is 11.8 Å². The number of carbonyl (C=O) groups is 2. The van der Waals surface area contributed by atoms with Crippen molar-refractivity contribution < 1.29 is 9.59 Å². The molecule has 0 N–H and O–H groups in total. The summed E-state index contributed by atoms with van der Waals surface area (Å²) in [7, 11) is 1.78. The van der Waals surface area contributed by atoms with E-state index in [1.807, 2.05) is 54.6 Å². The van der Waals surface area contributed by atoms with Gasteiger partial charge in [0.05, 0.1) is 23.2 Å². The van der Waals surface area contributed by atoms with E-state index in [4.69, 9.17) is 0 Å². The van der Waals surface area contributed by atoms with Crippen LogP contribution in [0.25, 0.3) is 5.69 Å². The van der Waals surface area contributed by atoms with Crippen molar-refractivity contribution in [1.82, 2.24) is 9.36 Å². The maximum atomic E-state index is 14.1. The summed E-state index contributed by atoms with van der Waals surface area (Å²) in [5.41, 5.74) is 5.54. The number of nitrogens with zero attached hydrogens (tertiary/aromatic N) is 3. The molecule has 1 saturated heterocycles. The topological polar surface area (TPSA) is 64.3 Å². The summed E-state index contributed by atoms with van der Waals surface area (Å²) in [6.45, 7) is 1.79. The zero-order chi connectivity index (χ0) is 24.0. The minimum atomic E-state index is -0.513. The summed E-state index contributed by atoms with van der Waals surface area (Å²) >= 11 is 0. The Kier molecular flexibility index (Phi) is 3.99. The van der Waals surface area contributed by atoms with E-state index >= 15 is 0 Å². The molecule has 0 unspecified atom stereocenters. The van der Waals surface area contributed by atoms with Crippen molar-refractivity contribution in [2.45, 2.75) is 18.8 Å². The van der Waals surface area contributed by atoms with Crippen molar-refractivity contribution in [2.24, 2.45) is 18.9 Å².